The standard InChI is InChI=1S/C22H26FNO4/c1-3-28-19-11-8-16(13-20(19)27-2)21(15-6-9-18(23)10-7-15)24-12-4-5-17(14-24)22(25)26/h6-11,13,17,21H,3-5,12,14H2,1-2H3,(H,25,26). The third-order valence-electron chi connectivity index (χ3n) is 5.16. The zero-order valence-electron chi connectivity index (χ0n) is 16.2. The molecule has 0 amide bonds. The van der Waals surface area contributed by atoms with Crippen molar-refractivity contribution >= 4 is 5.97 Å². The smallest absolute Gasteiger partial charge is 0.307 e. The van der Waals surface area contributed by atoms with Gasteiger partial charge < -0.3 is 14.6 Å². The third kappa shape index (κ3) is 4.44. The molecule has 2 aromatic rings. The zero-order valence-corrected chi connectivity index (χ0v) is 16.2. The second-order valence-corrected chi connectivity index (χ2v) is 6.97. The number of likely N-dealkylation sites (tertiary alicyclic amines) is 1. The van der Waals surface area contributed by atoms with Crippen LogP contribution in [0.25, 0.3) is 0 Å². The van der Waals surface area contributed by atoms with Gasteiger partial charge in [-0.3, -0.25) is 9.69 Å². The number of carbonyl (C=O) groups is 1. The molecule has 2 atom stereocenters. The number of methoxy groups -OCH3 is 1. The molecule has 1 aliphatic heterocycles. The van der Waals surface area contributed by atoms with Gasteiger partial charge in [-0.15, -0.1) is 0 Å². The van der Waals surface area contributed by atoms with Crippen LogP contribution in [0.3, 0.4) is 0 Å². The number of ether oxygens (including phenoxy) is 2. The van der Waals surface area contributed by atoms with E-state index in [1.807, 2.05) is 25.1 Å². The Morgan fingerprint density at radius 1 is 1.21 bits per heavy atom. The molecule has 1 heterocycles. The Kier molecular flexibility index (Phi) is 6.52. The molecule has 1 fully saturated rings. The largest absolute Gasteiger partial charge is 0.493 e. The molecule has 0 spiro atoms. The van der Waals surface area contributed by atoms with Gasteiger partial charge in [0.05, 0.1) is 25.7 Å². The van der Waals surface area contributed by atoms with Crippen molar-refractivity contribution in [3.05, 3.63) is 59.4 Å². The summed E-state index contributed by atoms with van der Waals surface area (Å²) in [7, 11) is 1.59. The van der Waals surface area contributed by atoms with E-state index in [1.165, 1.54) is 12.1 Å². The Hall–Kier alpha value is -2.60. The monoisotopic (exact) mass is 387 g/mol. The fourth-order valence-corrected chi connectivity index (χ4v) is 3.83. The molecule has 5 nitrogen and oxygen atoms in total. The molecule has 3 rings (SSSR count). The topological polar surface area (TPSA) is 59.0 Å². The van der Waals surface area contributed by atoms with Crippen LogP contribution in [0.2, 0.25) is 0 Å². The number of rotatable bonds is 7. The molecule has 150 valence electrons. The maximum Gasteiger partial charge on any atom is 0.307 e. The minimum atomic E-state index is -0.771. The average molecular weight is 387 g/mol. The van der Waals surface area contributed by atoms with E-state index in [4.69, 9.17) is 9.47 Å². The number of halogens is 1. The Labute approximate surface area is 164 Å². The lowest BCUT2D eigenvalue weighted by molar-refractivity contribution is -0.143. The van der Waals surface area contributed by atoms with Crippen molar-refractivity contribution in [3.8, 4) is 11.5 Å². The number of carboxylic acid groups (broad SMARTS) is 1. The number of carboxylic acids is 1. The molecule has 28 heavy (non-hydrogen) atoms. The van der Waals surface area contributed by atoms with E-state index >= 15 is 0 Å². The number of benzene rings is 2. The van der Waals surface area contributed by atoms with Gasteiger partial charge in [0.1, 0.15) is 5.82 Å². The van der Waals surface area contributed by atoms with Crippen LogP contribution < -0.4 is 9.47 Å². The van der Waals surface area contributed by atoms with Crippen molar-refractivity contribution < 1.29 is 23.8 Å². The van der Waals surface area contributed by atoms with Gasteiger partial charge in [0, 0.05) is 6.54 Å². The molecule has 1 saturated heterocycles. The Morgan fingerprint density at radius 2 is 1.93 bits per heavy atom. The van der Waals surface area contributed by atoms with Crippen molar-refractivity contribution in [2.24, 2.45) is 5.92 Å². The SMILES string of the molecule is CCOc1ccc(C(c2ccc(F)cc2)N2CCCC(C(=O)O)C2)cc1OC. The van der Waals surface area contributed by atoms with Crippen molar-refractivity contribution in [2.45, 2.75) is 25.8 Å². The average Bonchev–Trinajstić information content (AvgIpc) is 2.71. The molecule has 0 aromatic heterocycles. The first-order chi connectivity index (χ1) is 13.5. The van der Waals surface area contributed by atoms with Crippen LogP contribution >= 0.6 is 0 Å². The summed E-state index contributed by atoms with van der Waals surface area (Å²) in [6.45, 7) is 3.67. The lowest BCUT2D eigenvalue weighted by Crippen LogP contribution is -2.41. The Morgan fingerprint density at radius 3 is 2.57 bits per heavy atom. The second kappa shape index (κ2) is 9.06. The Balaban J connectivity index is 2.01. The summed E-state index contributed by atoms with van der Waals surface area (Å²) in [6, 6.07) is 12.0. The van der Waals surface area contributed by atoms with Gasteiger partial charge in [-0.05, 0) is 61.7 Å². The maximum absolute atomic E-state index is 13.5. The molecule has 2 unspecified atom stereocenters. The van der Waals surface area contributed by atoms with Crippen molar-refractivity contribution in [3.63, 3.8) is 0 Å². The van der Waals surface area contributed by atoms with E-state index in [-0.39, 0.29) is 11.9 Å². The number of hydrogen-bond acceptors (Lipinski definition) is 4. The Bertz CT molecular complexity index is 809. The molecule has 2 aromatic carbocycles. The summed E-state index contributed by atoms with van der Waals surface area (Å²) in [6.07, 6.45) is 1.48. The molecule has 1 aliphatic rings. The van der Waals surface area contributed by atoms with Crippen LogP contribution in [0.4, 0.5) is 4.39 Å². The predicted octanol–water partition coefficient (Wildman–Crippen LogP) is 4.12. The first kappa shape index (κ1) is 20.1. The number of nitrogens with zero attached hydrogens (tertiary/aromatic N) is 1. The summed E-state index contributed by atoms with van der Waals surface area (Å²) in [4.78, 5) is 13.7. The van der Waals surface area contributed by atoms with E-state index in [2.05, 4.69) is 4.90 Å². The van der Waals surface area contributed by atoms with Gasteiger partial charge in [0.25, 0.3) is 0 Å². The highest BCUT2D eigenvalue weighted by Gasteiger charge is 2.31. The molecule has 1 N–H and O–H groups in total. The highest BCUT2D eigenvalue weighted by molar-refractivity contribution is 5.70. The molecular formula is C22H26FNO4. The van der Waals surface area contributed by atoms with Crippen molar-refractivity contribution in [1.29, 1.82) is 0 Å². The summed E-state index contributed by atoms with van der Waals surface area (Å²) >= 11 is 0. The molecule has 6 heteroatoms. The lowest BCUT2D eigenvalue weighted by atomic mass is 9.91. The summed E-state index contributed by atoms with van der Waals surface area (Å²) in [5.74, 6) is -0.186. The van der Waals surface area contributed by atoms with Gasteiger partial charge in [-0.2, -0.15) is 0 Å². The van der Waals surface area contributed by atoms with Crippen LogP contribution in [0, 0.1) is 11.7 Å². The van der Waals surface area contributed by atoms with Crippen LogP contribution in [-0.4, -0.2) is 42.8 Å². The number of aliphatic carboxylic acids is 1. The molecular weight excluding hydrogens is 361 g/mol. The molecule has 0 bridgehead atoms. The number of piperidine rings is 1. The van der Waals surface area contributed by atoms with Crippen molar-refractivity contribution in [1.82, 2.24) is 4.90 Å². The normalized spacial score (nSPS) is 18.5. The van der Waals surface area contributed by atoms with Crippen LogP contribution in [0.15, 0.2) is 42.5 Å². The van der Waals surface area contributed by atoms with E-state index in [0.29, 0.717) is 31.1 Å². The van der Waals surface area contributed by atoms with Gasteiger partial charge >= 0.3 is 5.97 Å². The van der Waals surface area contributed by atoms with Gasteiger partial charge in [0.2, 0.25) is 0 Å². The van der Waals surface area contributed by atoms with Crippen LogP contribution in [0.5, 0.6) is 11.5 Å². The van der Waals surface area contributed by atoms with E-state index < -0.39 is 11.9 Å². The van der Waals surface area contributed by atoms with Gasteiger partial charge in [0.15, 0.2) is 11.5 Å². The fourth-order valence-electron chi connectivity index (χ4n) is 3.83. The highest BCUT2D eigenvalue weighted by Crippen LogP contribution is 2.37. The second-order valence-electron chi connectivity index (χ2n) is 6.97. The minimum Gasteiger partial charge on any atom is -0.493 e. The summed E-state index contributed by atoms with van der Waals surface area (Å²) < 4.78 is 24.6. The summed E-state index contributed by atoms with van der Waals surface area (Å²) in [5, 5.41) is 9.48. The fraction of sp³-hybridized carbons (Fsp3) is 0.409. The van der Waals surface area contributed by atoms with E-state index in [9.17, 15) is 14.3 Å². The lowest BCUT2D eigenvalue weighted by Gasteiger charge is -2.37. The van der Waals surface area contributed by atoms with Crippen molar-refractivity contribution in [2.75, 3.05) is 26.8 Å². The summed E-state index contributed by atoms with van der Waals surface area (Å²) in [5.41, 5.74) is 1.87. The molecule has 0 saturated carbocycles. The van der Waals surface area contributed by atoms with E-state index in [1.54, 1.807) is 19.2 Å². The minimum absolute atomic E-state index is 0.188. The highest BCUT2D eigenvalue weighted by atomic mass is 19.1. The van der Waals surface area contributed by atoms with Crippen LogP contribution in [0.1, 0.15) is 36.9 Å². The van der Waals surface area contributed by atoms with Crippen LogP contribution in [-0.2, 0) is 4.79 Å². The number of hydrogen-bond donors (Lipinski definition) is 1. The third-order valence-corrected chi connectivity index (χ3v) is 5.16. The zero-order chi connectivity index (χ0) is 20.1. The molecule has 0 radical (unpaired) electrons. The van der Waals surface area contributed by atoms with Gasteiger partial charge in [-0.1, -0.05) is 18.2 Å². The maximum atomic E-state index is 13.5. The van der Waals surface area contributed by atoms with Gasteiger partial charge in [-0.25, -0.2) is 4.39 Å². The molecule has 0 aliphatic carbocycles. The quantitative estimate of drug-likeness (QED) is 0.775. The first-order valence-corrected chi connectivity index (χ1v) is 9.56. The van der Waals surface area contributed by atoms with E-state index in [0.717, 1.165) is 24.1 Å². The first-order valence-electron chi connectivity index (χ1n) is 9.56. The predicted molar refractivity (Wildman–Crippen MR) is 104 cm³/mol.